The zero-order valence-electron chi connectivity index (χ0n) is 11.1. The first-order valence-electron chi connectivity index (χ1n) is 7.74. The highest BCUT2D eigenvalue weighted by Crippen LogP contribution is 2.80. The molecule has 4 aliphatic carbocycles. The van der Waals surface area contributed by atoms with Crippen molar-refractivity contribution < 1.29 is 4.39 Å². The van der Waals surface area contributed by atoms with Gasteiger partial charge in [0.1, 0.15) is 5.82 Å². The van der Waals surface area contributed by atoms with Crippen molar-refractivity contribution in [2.24, 2.45) is 29.1 Å². The Kier molecular flexibility index (Phi) is 1.94. The minimum Gasteiger partial charge on any atom is -0.309 e. The van der Waals surface area contributed by atoms with Crippen molar-refractivity contribution >= 4 is 0 Å². The molecule has 0 heterocycles. The molecule has 0 aliphatic heterocycles. The van der Waals surface area contributed by atoms with Crippen LogP contribution < -0.4 is 5.32 Å². The molecule has 2 heteroatoms. The van der Waals surface area contributed by atoms with Gasteiger partial charge in [-0.2, -0.15) is 0 Å². The second-order valence-electron chi connectivity index (χ2n) is 7.38. The van der Waals surface area contributed by atoms with Crippen molar-refractivity contribution in [2.45, 2.75) is 38.3 Å². The number of halogens is 1. The van der Waals surface area contributed by atoms with Crippen molar-refractivity contribution in [3.8, 4) is 0 Å². The molecule has 0 amide bonds. The van der Waals surface area contributed by atoms with Gasteiger partial charge in [0.25, 0.3) is 0 Å². The Bertz CT molecular complexity index is 523. The molecule has 1 aromatic rings. The molecule has 0 saturated heterocycles. The van der Waals surface area contributed by atoms with Gasteiger partial charge in [-0.15, -0.1) is 0 Å². The van der Waals surface area contributed by atoms with E-state index in [1.807, 2.05) is 12.1 Å². The van der Waals surface area contributed by atoms with Gasteiger partial charge in [0.2, 0.25) is 0 Å². The first-order chi connectivity index (χ1) is 9.26. The minimum atomic E-state index is -0.137. The summed E-state index contributed by atoms with van der Waals surface area (Å²) in [6.45, 7) is 0.906. The SMILES string of the molecule is Fc1ccc(CNC2C3CC4CC5(CC25)C4C3)cc1. The van der Waals surface area contributed by atoms with Crippen molar-refractivity contribution in [1.82, 2.24) is 5.32 Å². The van der Waals surface area contributed by atoms with Crippen molar-refractivity contribution in [3.05, 3.63) is 35.6 Å². The van der Waals surface area contributed by atoms with E-state index in [0.29, 0.717) is 0 Å². The van der Waals surface area contributed by atoms with E-state index in [1.54, 1.807) is 12.1 Å². The third-order valence-electron chi connectivity index (χ3n) is 6.69. The quantitative estimate of drug-likeness (QED) is 0.875. The second-order valence-corrected chi connectivity index (χ2v) is 7.38. The predicted molar refractivity (Wildman–Crippen MR) is 71.9 cm³/mol. The largest absolute Gasteiger partial charge is 0.309 e. The highest BCUT2D eigenvalue weighted by Gasteiger charge is 2.75. The van der Waals surface area contributed by atoms with Gasteiger partial charge >= 0.3 is 0 Å². The molecule has 6 atom stereocenters. The first-order valence-corrected chi connectivity index (χ1v) is 7.74. The van der Waals surface area contributed by atoms with E-state index in [2.05, 4.69) is 5.32 Å². The van der Waals surface area contributed by atoms with Crippen LogP contribution in [0.4, 0.5) is 4.39 Å². The molecule has 1 nitrogen and oxygen atoms in total. The highest BCUT2D eigenvalue weighted by atomic mass is 19.1. The summed E-state index contributed by atoms with van der Waals surface area (Å²) >= 11 is 0. The molecule has 100 valence electrons. The molecule has 0 radical (unpaired) electrons. The molecule has 6 unspecified atom stereocenters. The van der Waals surface area contributed by atoms with E-state index >= 15 is 0 Å². The van der Waals surface area contributed by atoms with Gasteiger partial charge in [0, 0.05) is 12.6 Å². The molecule has 2 bridgehead atoms. The Hall–Kier alpha value is -0.890. The first kappa shape index (κ1) is 10.8. The van der Waals surface area contributed by atoms with Gasteiger partial charge in [-0.1, -0.05) is 12.1 Å². The number of hydrogen-bond donors (Lipinski definition) is 1. The van der Waals surface area contributed by atoms with Crippen LogP contribution in [0, 0.1) is 34.9 Å². The van der Waals surface area contributed by atoms with Gasteiger partial charge in [0.05, 0.1) is 0 Å². The zero-order valence-corrected chi connectivity index (χ0v) is 11.1. The lowest BCUT2D eigenvalue weighted by Crippen LogP contribution is -2.44. The van der Waals surface area contributed by atoms with Crippen LogP contribution in [0.5, 0.6) is 0 Å². The maximum absolute atomic E-state index is 12.9. The monoisotopic (exact) mass is 257 g/mol. The van der Waals surface area contributed by atoms with Crippen molar-refractivity contribution in [1.29, 1.82) is 0 Å². The van der Waals surface area contributed by atoms with Crippen LogP contribution in [0.3, 0.4) is 0 Å². The molecule has 1 aromatic carbocycles. The molecule has 4 fully saturated rings. The molecule has 4 saturated carbocycles. The zero-order chi connectivity index (χ0) is 12.6. The van der Waals surface area contributed by atoms with Crippen LogP contribution in [0.1, 0.15) is 31.2 Å². The molecule has 19 heavy (non-hydrogen) atoms. The lowest BCUT2D eigenvalue weighted by molar-refractivity contribution is 0.0457. The summed E-state index contributed by atoms with van der Waals surface area (Å²) in [5, 5.41) is 3.81. The van der Waals surface area contributed by atoms with Gasteiger partial charge in [0.15, 0.2) is 0 Å². The lowest BCUT2D eigenvalue weighted by atomic mass is 9.61. The van der Waals surface area contributed by atoms with E-state index in [9.17, 15) is 4.39 Å². The molecular weight excluding hydrogens is 237 g/mol. The van der Waals surface area contributed by atoms with Crippen LogP contribution in [0.15, 0.2) is 24.3 Å². The molecular formula is C17H20FN. The number of benzene rings is 1. The predicted octanol–water partition coefficient (Wildman–Crippen LogP) is 3.35. The van der Waals surface area contributed by atoms with Crippen LogP contribution in [0.25, 0.3) is 0 Å². The van der Waals surface area contributed by atoms with Crippen LogP contribution in [0.2, 0.25) is 0 Å². The van der Waals surface area contributed by atoms with Gasteiger partial charge < -0.3 is 5.32 Å². The molecule has 4 aliphatic rings. The van der Waals surface area contributed by atoms with Gasteiger partial charge in [-0.3, -0.25) is 0 Å². The topological polar surface area (TPSA) is 12.0 Å². The fourth-order valence-electron chi connectivity index (χ4n) is 5.84. The number of fused-ring (bicyclic) bond motifs is 1. The minimum absolute atomic E-state index is 0.137. The van der Waals surface area contributed by atoms with Crippen LogP contribution in [-0.4, -0.2) is 6.04 Å². The summed E-state index contributed by atoms with van der Waals surface area (Å²) in [5.41, 5.74) is 2.00. The summed E-state index contributed by atoms with van der Waals surface area (Å²) in [4.78, 5) is 0. The number of rotatable bonds is 3. The Morgan fingerprint density at radius 1 is 1.05 bits per heavy atom. The average molecular weight is 257 g/mol. The Labute approximate surface area is 113 Å². The standard InChI is InChI=1S/C17H20FN/c18-13-3-1-10(2-4-13)9-19-16-11-5-12-7-17(8-15(16)17)14(12)6-11/h1-4,11-12,14-16,19H,5-9H2. The van der Waals surface area contributed by atoms with E-state index in [4.69, 9.17) is 0 Å². The highest BCUT2D eigenvalue weighted by molar-refractivity contribution is 5.26. The number of nitrogens with one attached hydrogen (secondary N) is 1. The Morgan fingerprint density at radius 2 is 1.89 bits per heavy atom. The molecule has 1 spiro atoms. The molecule has 1 N–H and O–H groups in total. The fraction of sp³-hybridized carbons (Fsp3) is 0.647. The Balaban J connectivity index is 1.31. The van der Waals surface area contributed by atoms with Crippen LogP contribution >= 0.6 is 0 Å². The van der Waals surface area contributed by atoms with E-state index in [0.717, 1.165) is 41.7 Å². The lowest BCUT2D eigenvalue weighted by Gasteiger charge is -2.45. The maximum Gasteiger partial charge on any atom is 0.123 e. The van der Waals surface area contributed by atoms with E-state index in [1.165, 1.54) is 31.2 Å². The summed E-state index contributed by atoms with van der Waals surface area (Å²) in [6, 6.07) is 7.70. The van der Waals surface area contributed by atoms with Gasteiger partial charge in [-0.05, 0) is 72.5 Å². The second kappa shape index (κ2) is 3.41. The smallest absolute Gasteiger partial charge is 0.123 e. The van der Waals surface area contributed by atoms with Crippen molar-refractivity contribution in [3.63, 3.8) is 0 Å². The summed E-state index contributed by atoms with van der Waals surface area (Å²) in [5.74, 6) is 3.94. The molecule has 0 aromatic heterocycles. The van der Waals surface area contributed by atoms with E-state index < -0.39 is 0 Å². The van der Waals surface area contributed by atoms with E-state index in [-0.39, 0.29) is 5.82 Å². The maximum atomic E-state index is 12.9. The number of hydrogen-bond acceptors (Lipinski definition) is 1. The normalized spacial score (nSPS) is 48.6. The van der Waals surface area contributed by atoms with Gasteiger partial charge in [-0.25, -0.2) is 4.39 Å². The third kappa shape index (κ3) is 1.33. The van der Waals surface area contributed by atoms with Crippen LogP contribution in [-0.2, 0) is 6.54 Å². The summed E-state index contributed by atoms with van der Waals surface area (Å²) < 4.78 is 12.9. The third-order valence-corrected chi connectivity index (χ3v) is 6.69. The fourth-order valence-corrected chi connectivity index (χ4v) is 5.84. The summed E-state index contributed by atoms with van der Waals surface area (Å²) in [6.07, 6.45) is 5.99. The molecule has 5 rings (SSSR count). The summed E-state index contributed by atoms with van der Waals surface area (Å²) in [7, 11) is 0. The average Bonchev–Trinajstić information content (AvgIpc) is 3.08. The van der Waals surface area contributed by atoms with Crippen molar-refractivity contribution in [2.75, 3.05) is 0 Å². The Morgan fingerprint density at radius 3 is 2.74 bits per heavy atom.